The molecule has 0 aliphatic heterocycles. The summed E-state index contributed by atoms with van der Waals surface area (Å²) in [4.78, 5) is 0. The fraction of sp³-hybridized carbons (Fsp3) is 0.529. The molecule has 1 fully saturated rings. The summed E-state index contributed by atoms with van der Waals surface area (Å²) in [6, 6.07) is 8.57. The van der Waals surface area contributed by atoms with Gasteiger partial charge in [-0.3, -0.25) is 0 Å². The van der Waals surface area contributed by atoms with Crippen molar-refractivity contribution in [2.75, 3.05) is 6.54 Å². The monoisotopic (exact) mass is 257 g/mol. The van der Waals surface area contributed by atoms with Gasteiger partial charge >= 0.3 is 0 Å². The predicted molar refractivity (Wildman–Crippen MR) is 79.3 cm³/mol. The fourth-order valence-corrected chi connectivity index (χ4v) is 3.06. The second-order valence-electron chi connectivity index (χ2n) is 6.35. The van der Waals surface area contributed by atoms with Gasteiger partial charge in [-0.15, -0.1) is 0 Å². The van der Waals surface area contributed by atoms with Crippen molar-refractivity contribution in [3.63, 3.8) is 0 Å². The number of para-hydroxylation sites is 1. The molecule has 1 aliphatic rings. The van der Waals surface area contributed by atoms with E-state index >= 15 is 0 Å². The van der Waals surface area contributed by atoms with E-state index in [-0.39, 0.29) is 6.04 Å². The fourth-order valence-electron chi connectivity index (χ4n) is 3.06. The molecule has 1 unspecified atom stereocenters. The van der Waals surface area contributed by atoms with Crippen molar-refractivity contribution in [1.82, 2.24) is 5.32 Å². The summed E-state index contributed by atoms with van der Waals surface area (Å²) in [7, 11) is 0. The standard InChI is InChI=1S/C17H23NO/c1-12-14-7-4-5-8-15(14)19-16(12)13(2)18-11-17(3)9-6-10-17/h4-5,7-8,13,18H,6,9-11H2,1-3H3. The molecule has 0 bridgehead atoms. The third kappa shape index (κ3) is 2.30. The summed E-state index contributed by atoms with van der Waals surface area (Å²) < 4.78 is 6.01. The van der Waals surface area contributed by atoms with Crippen LogP contribution in [-0.4, -0.2) is 6.54 Å². The lowest BCUT2D eigenvalue weighted by Crippen LogP contribution is -2.38. The molecule has 1 aromatic carbocycles. The van der Waals surface area contributed by atoms with Gasteiger partial charge < -0.3 is 9.73 Å². The molecular weight excluding hydrogens is 234 g/mol. The van der Waals surface area contributed by atoms with Crippen LogP contribution in [0.5, 0.6) is 0 Å². The van der Waals surface area contributed by atoms with Crippen LogP contribution in [0.15, 0.2) is 28.7 Å². The Balaban J connectivity index is 1.77. The third-order valence-corrected chi connectivity index (χ3v) is 4.67. The molecule has 0 saturated heterocycles. The second-order valence-corrected chi connectivity index (χ2v) is 6.35. The van der Waals surface area contributed by atoms with E-state index in [1.54, 1.807) is 0 Å². The molecule has 1 heterocycles. The molecule has 1 aromatic heterocycles. The van der Waals surface area contributed by atoms with Gasteiger partial charge in [0.05, 0.1) is 6.04 Å². The molecule has 2 aromatic rings. The maximum Gasteiger partial charge on any atom is 0.134 e. The average Bonchev–Trinajstić information content (AvgIpc) is 2.72. The van der Waals surface area contributed by atoms with Crippen molar-refractivity contribution in [2.45, 2.75) is 46.1 Å². The average molecular weight is 257 g/mol. The Bertz CT molecular complexity index is 580. The highest BCUT2D eigenvalue weighted by Crippen LogP contribution is 2.40. The number of hydrogen-bond donors (Lipinski definition) is 1. The number of rotatable bonds is 4. The Morgan fingerprint density at radius 2 is 2.05 bits per heavy atom. The normalized spacial score (nSPS) is 19.3. The van der Waals surface area contributed by atoms with Gasteiger partial charge in [0, 0.05) is 11.9 Å². The molecule has 2 nitrogen and oxygen atoms in total. The Morgan fingerprint density at radius 3 is 2.68 bits per heavy atom. The zero-order valence-corrected chi connectivity index (χ0v) is 12.1. The summed E-state index contributed by atoms with van der Waals surface area (Å²) in [5, 5.41) is 4.89. The van der Waals surface area contributed by atoms with E-state index in [9.17, 15) is 0 Å². The van der Waals surface area contributed by atoms with Gasteiger partial charge in [0.1, 0.15) is 11.3 Å². The van der Waals surface area contributed by atoms with Crippen molar-refractivity contribution in [2.24, 2.45) is 5.41 Å². The first-order valence-electron chi connectivity index (χ1n) is 7.30. The zero-order valence-electron chi connectivity index (χ0n) is 12.1. The Labute approximate surface area is 115 Å². The molecule has 2 heteroatoms. The van der Waals surface area contributed by atoms with Crippen LogP contribution < -0.4 is 5.32 Å². The highest BCUT2D eigenvalue weighted by Gasteiger charge is 2.32. The van der Waals surface area contributed by atoms with Crippen LogP contribution in [0.2, 0.25) is 0 Å². The molecular formula is C17H23NO. The van der Waals surface area contributed by atoms with Gasteiger partial charge in [-0.05, 0) is 43.7 Å². The van der Waals surface area contributed by atoms with E-state index in [0.717, 1.165) is 17.9 Å². The summed E-state index contributed by atoms with van der Waals surface area (Å²) >= 11 is 0. The predicted octanol–water partition coefficient (Wildman–Crippen LogP) is 4.58. The van der Waals surface area contributed by atoms with Crippen molar-refractivity contribution in [1.29, 1.82) is 0 Å². The molecule has 1 saturated carbocycles. The highest BCUT2D eigenvalue weighted by molar-refractivity contribution is 5.82. The highest BCUT2D eigenvalue weighted by atomic mass is 16.3. The van der Waals surface area contributed by atoms with E-state index in [1.165, 1.54) is 30.2 Å². The van der Waals surface area contributed by atoms with E-state index < -0.39 is 0 Å². The Kier molecular flexibility index (Phi) is 3.14. The number of aryl methyl sites for hydroxylation is 1. The molecule has 102 valence electrons. The lowest BCUT2D eigenvalue weighted by molar-refractivity contribution is 0.150. The Hall–Kier alpha value is -1.28. The summed E-state index contributed by atoms with van der Waals surface area (Å²) in [5.41, 5.74) is 2.78. The topological polar surface area (TPSA) is 25.2 Å². The first-order chi connectivity index (χ1) is 9.09. The first-order valence-corrected chi connectivity index (χ1v) is 7.30. The first kappa shape index (κ1) is 12.7. The van der Waals surface area contributed by atoms with Crippen molar-refractivity contribution in [3.8, 4) is 0 Å². The lowest BCUT2D eigenvalue weighted by Gasteiger charge is -2.39. The summed E-state index contributed by atoms with van der Waals surface area (Å²) in [6.07, 6.45) is 4.09. The zero-order chi connectivity index (χ0) is 13.5. The minimum Gasteiger partial charge on any atom is -0.459 e. The SMILES string of the molecule is Cc1c(C(C)NCC2(C)CCC2)oc2ccccc12. The molecule has 19 heavy (non-hydrogen) atoms. The Morgan fingerprint density at radius 1 is 1.32 bits per heavy atom. The van der Waals surface area contributed by atoms with Crippen molar-refractivity contribution in [3.05, 3.63) is 35.6 Å². The number of furan rings is 1. The van der Waals surface area contributed by atoms with Gasteiger partial charge in [-0.25, -0.2) is 0 Å². The number of hydrogen-bond acceptors (Lipinski definition) is 2. The van der Waals surface area contributed by atoms with Gasteiger partial charge in [-0.2, -0.15) is 0 Å². The van der Waals surface area contributed by atoms with Gasteiger partial charge in [0.15, 0.2) is 0 Å². The van der Waals surface area contributed by atoms with Crippen LogP contribution in [-0.2, 0) is 0 Å². The van der Waals surface area contributed by atoms with Crippen LogP contribution in [0.25, 0.3) is 11.0 Å². The second kappa shape index (κ2) is 4.68. The smallest absolute Gasteiger partial charge is 0.134 e. The molecule has 1 aliphatic carbocycles. The van der Waals surface area contributed by atoms with Crippen LogP contribution in [0.1, 0.15) is 50.5 Å². The summed E-state index contributed by atoms with van der Waals surface area (Å²) in [5.74, 6) is 1.09. The maximum absolute atomic E-state index is 6.01. The quantitative estimate of drug-likeness (QED) is 0.867. The minimum absolute atomic E-state index is 0.282. The third-order valence-electron chi connectivity index (χ3n) is 4.67. The largest absolute Gasteiger partial charge is 0.459 e. The van der Waals surface area contributed by atoms with Crippen LogP contribution in [0, 0.1) is 12.3 Å². The van der Waals surface area contributed by atoms with E-state index in [2.05, 4.69) is 38.2 Å². The number of nitrogens with one attached hydrogen (secondary N) is 1. The molecule has 0 radical (unpaired) electrons. The molecule has 3 rings (SSSR count). The van der Waals surface area contributed by atoms with E-state index in [4.69, 9.17) is 4.42 Å². The molecule has 1 N–H and O–H groups in total. The van der Waals surface area contributed by atoms with Gasteiger partial charge in [-0.1, -0.05) is 31.5 Å². The number of fused-ring (bicyclic) bond motifs is 1. The van der Waals surface area contributed by atoms with Crippen LogP contribution >= 0.6 is 0 Å². The molecule has 0 spiro atoms. The van der Waals surface area contributed by atoms with Gasteiger partial charge in [0.2, 0.25) is 0 Å². The van der Waals surface area contributed by atoms with Crippen molar-refractivity contribution >= 4 is 11.0 Å². The van der Waals surface area contributed by atoms with E-state index in [1.807, 2.05) is 12.1 Å². The van der Waals surface area contributed by atoms with Crippen molar-refractivity contribution < 1.29 is 4.42 Å². The van der Waals surface area contributed by atoms with E-state index in [0.29, 0.717) is 5.41 Å². The number of benzene rings is 1. The van der Waals surface area contributed by atoms with Crippen LogP contribution in [0.4, 0.5) is 0 Å². The lowest BCUT2D eigenvalue weighted by atomic mass is 9.70. The molecule has 0 amide bonds. The van der Waals surface area contributed by atoms with Crippen LogP contribution in [0.3, 0.4) is 0 Å². The summed E-state index contributed by atoms with van der Waals surface area (Å²) in [6.45, 7) is 7.82. The molecule has 1 atom stereocenters. The minimum atomic E-state index is 0.282. The van der Waals surface area contributed by atoms with Gasteiger partial charge in [0.25, 0.3) is 0 Å². The maximum atomic E-state index is 6.01.